The first-order valence-corrected chi connectivity index (χ1v) is 8.74. The van der Waals surface area contributed by atoms with Crippen molar-refractivity contribution in [1.29, 1.82) is 0 Å². The average molecular weight is 325 g/mol. The van der Waals surface area contributed by atoms with Crippen LogP contribution in [-0.2, 0) is 6.42 Å². The van der Waals surface area contributed by atoms with E-state index in [1.807, 2.05) is 20.0 Å². The van der Waals surface area contributed by atoms with Crippen molar-refractivity contribution in [3.63, 3.8) is 0 Å². The molecule has 0 aliphatic carbocycles. The van der Waals surface area contributed by atoms with Gasteiger partial charge in [0.1, 0.15) is 5.82 Å². The number of benzene rings is 1. The molecule has 1 aliphatic rings. The maximum absolute atomic E-state index is 10.2. The van der Waals surface area contributed by atoms with Gasteiger partial charge in [0.05, 0.1) is 18.0 Å². The van der Waals surface area contributed by atoms with Crippen LogP contribution in [0.3, 0.4) is 0 Å². The first-order valence-electron chi connectivity index (χ1n) is 8.74. The van der Waals surface area contributed by atoms with Crippen LogP contribution < -0.4 is 4.90 Å². The van der Waals surface area contributed by atoms with Gasteiger partial charge >= 0.3 is 0 Å². The second-order valence-electron chi connectivity index (χ2n) is 7.21. The van der Waals surface area contributed by atoms with Crippen molar-refractivity contribution in [1.82, 2.24) is 9.97 Å². The smallest absolute Gasteiger partial charge is 0.150 e. The molecular formula is C20H27N3O. The number of anilines is 1. The van der Waals surface area contributed by atoms with E-state index in [-0.39, 0.29) is 12.0 Å². The Labute approximate surface area is 144 Å². The molecule has 0 saturated carbocycles. The SMILES string of the molecule is Cc1cnc(C)c(N2CCC[C@@](CO)(Cc3ccccc3C)C2)n1. The molecule has 4 heteroatoms. The topological polar surface area (TPSA) is 49.2 Å². The molecule has 0 unspecified atom stereocenters. The number of nitrogens with zero attached hydrogens (tertiary/aromatic N) is 3. The zero-order valence-corrected chi connectivity index (χ0v) is 14.9. The largest absolute Gasteiger partial charge is 0.396 e. The quantitative estimate of drug-likeness (QED) is 0.938. The Morgan fingerprint density at radius 2 is 2.00 bits per heavy atom. The third kappa shape index (κ3) is 3.44. The van der Waals surface area contributed by atoms with Gasteiger partial charge in [-0.25, -0.2) is 4.98 Å². The van der Waals surface area contributed by atoms with Crippen molar-refractivity contribution in [3.8, 4) is 0 Å². The lowest BCUT2D eigenvalue weighted by Crippen LogP contribution is -2.47. The van der Waals surface area contributed by atoms with Crippen LogP contribution in [0.5, 0.6) is 0 Å². The minimum absolute atomic E-state index is 0.109. The van der Waals surface area contributed by atoms with Gasteiger partial charge in [0.15, 0.2) is 0 Å². The van der Waals surface area contributed by atoms with Gasteiger partial charge in [0.2, 0.25) is 0 Å². The molecule has 1 saturated heterocycles. The number of hydrogen-bond acceptors (Lipinski definition) is 4. The number of aromatic nitrogens is 2. The summed E-state index contributed by atoms with van der Waals surface area (Å²) in [5.41, 5.74) is 4.43. The minimum Gasteiger partial charge on any atom is -0.396 e. The maximum Gasteiger partial charge on any atom is 0.150 e. The number of hydrogen-bond donors (Lipinski definition) is 1. The summed E-state index contributed by atoms with van der Waals surface area (Å²) in [5, 5.41) is 10.2. The fourth-order valence-electron chi connectivity index (χ4n) is 3.75. The highest BCUT2D eigenvalue weighted by molar-refractivity contribution is 5.44. The molecule has 4 nitrogen and oxygen atoms in total. The monoisotopic (exact) mass is 325 g/mol. The summed E-state index contributed by atoms with van der Waals surface area (Å²) in [6, 6.07) is 8.49. The number of piperidine rings is 1. The molecule has 2 aromatic rings. The zero-order chi connectivity index (χ0) is 17.2. The van der Waals surface area contributed by atoms with Crippen LogP contribution >= 0.6 is 0 Å². The van der Waals surface area contributed by atoms with Gasteiger partial charge in [0, 0.05) is 24.7 Å². The molecule has 0 amide bonds. The molecule has 1 aromatic heterocycles. The van der Waals surface area contributed by atoms with Crippen molar-refractivity contribution in [3.05, 3.63) is 53.0 Å². The summed E-state index contributed by atoms with van der Waals surface area (Å²) in [7, 11) is 0. The molecule has 1 aromatic carbocycles. The van der Waals surface area contributed by atoms with E-state index < -0.39 is 0 Å². The lowest BCUT2D eigenvalue weighted by Gasteiger charge is -2.43. The van der Waals surface area contributed by atoms with Gasteiger partial charge in [-0.3, -0.25) is 4.98 Å². The predicted octanol–water partition coefficient (Wildman–Crippen LogP) is 3.22. The standard InChI is InChI=1S/C20H27N3O/c1-15-7-4-5-8-18(15)11-20(14-24)9-6-10-23(13-20)19-17(3)21-12-16(2)22-19/h4-5,7-8,12,24H,6,9-11,13-14H2,1-3H3/t20-/m1/s1. The molecule has 3 rings (SSSR count). The first kappa shape index (κ1) is 16.9. The second-order valence-corrected chi connectivity index (χ2v) is 7.21. The van der Waals surface area contributed by atoms with Crippen LogP contribution in [0.1, 0.15) is 35.4 Å². The highest BCUT2D eigenvalue weighted by atomic mass is 16.3. The van der Waals surface area contributed by atoms with Gasteiger partial charge < -0.3 is 10.0 Å². The maximum atomic E-state index is 10.2. The van der Waals surface area contributed by atoms with Crippen molar-refractivity contribution >= 4 is 5.82 Å². The van der Waals surface area contributed by atoms with E-state index in [1.54, 1.807) is 0 Å². The van der Waals surface area contributed by atoms with Crippen LogP contribution in [0.4, 0.5) is 5.82 Å². The third-order valence-electron chi connectivity index (χ3n) is 5.17. The van der Waals surface area contributed by atoms with Crippen molar-refractivity contribution in [2.24, 2.45) is 5.41 Å². The molecule has 2 heterocycles. The predicted molar refractivity (Wildman–Crippen MR) is 97.4 cm³/mol. The molecule has 0 radical (unpaired) electrons. The van der Waals surface area contributed by atoms with Crippen molar-refractivity contribution < 1.29 is 5.11 Å². The zero-order valence-electron chi connectivity index (χ0n) is 14.9. The summed E-state index contributed by atoms with van der Waals surface area (Å²) in [6.45, 7) is 8.16. The highest BCUT2D eigenvalue weighted by Gasteiger charge is 2.36. The molecule has 0 bridgehead atoms. The van der Waals surface area contributed by atoms with Gasteiger partial charge in [-0.05, 0) is 51.2 Å². The van der Waals surface area contributed by atoms with E-state index in [0.717, 1.165) is 49.6 Å². The van der Waals surface area contributed by atoms with E-state index in [9.17, 15) is 5.11 Å². The van der Waals surface area contributed by atoms with Crippen LogP contribution in [0, 0.1) is 26.2 Å². The summed E-state index contributed by atoms with van der Waals surface area (Å²) in [6.07, 6.45) is 4.84. The fourth-order valence-corrected chi connectivity index (χ4v) is 3.75. The van der Waals surface area contributed by atoms with E-state index in [2.05, 4.69) is 41.1 Å². The summed E-state index contributed by atoms with van der Waals surface area (Å²) >= 11 is 0. The number of aliphatic hydroxyl groups is 1. The Morgan fingerprint density at radius 1 is 1.21 bits per heavy atom. The number of aryl methyl sites for hydroxylation is 3. The summed E-state index contributed by atoms with van der Waals surface area (Å²) in [5.74, 6) is 0.970. The van der Waals surface area contributed by atoms with Crippen LogP contribution in [0.2, 0.25) is 0 Å². The van der Waals surface area contributed by atoms with Gasteiger partial charge in [-0.2, -0.15) is 0 Å². The van der Waals surface area contributed by atoms with Crippen molar-refractivity contribution in [2.45, 2.75) is 40.0 Å². The molecule has 1 aliphatic heterocycles. The van der Waals surface area contributed by atoms with Crippen LogP contribution in [-0.4, -0.2) is 34.8 Å². The highest BCUT2D eigenvalue weighted by Crippen LogP contribution is 2.36. The van der Waals surface area contributed by atoms with Gasteiger partial charge in [0.25, 0.3) is 0 Å². The molecule has 1 atom stereocenters. The van der Waals surface area contributed by atoms with Crippen LogP contribution in [0.15, 0.2) is 30.5 Å². The Kier molecular flexibility index (Phi) is 4.86. The van der Waals surface area contributed by atoms with Crippen molar-refractivity contribution in [2.75, 3.05) is 24.6 Å². The molecule has 0 spiro atoms. The van der Waals surface area contributed by atoms with Crippen LogP contribution in [0.25, 0.3) is 0 Å². The summed E-state index contributed by atoms with van der Waals surface area (Å²) in [4.78, 5) is 11.5. The van der Waals surface area contributed by atoms with Gasteiger partial charge in [-0.15, -0.1) is 0 Å². The summed E-state index contributed by atoms with van der Waals surface area (Å²) < 4.78 is 0. The lowest BCUT2D eigenvalue weighted by atomic mass is 9.75. The molecule has 24 heavy (non-hydrogen) atoms. The molecule has 1 fully saturated rings. The molecule has 128 valence electrons. The first-order chi connectivity index (χ1) is 11.5. The van der Waals surface area contributed by atoms with Gasteiger partial charge in [-0.1, -0.05) is 24.3 Å². The Bertz CT molecular complexity index is 716. The molecular weight excluding hydrogens is 298 g/mol. The normalized spacial score (nSPS) is 21.1. The second kappa shape index (κ2) is 6.89. The van der Waals surface area contributed by atoms with E-state index in [0.29, 0.717) is 0 Å². The van der Waals surface area contributed by atoms with E-state index in [4.69, 9.17) is 4.98 Å². The minimum atomic E-state index is -0.109. The number of aliphatic hydroxyl groups excluding tert-OH is 1. The lowest BCUT2D eigenvalue weighted by molar-refractivity contribution is 0.105. The Morgan fingerprint density at radius 3 is 2.75 bits per heavy atom. The Hall–Kier alpha value is -1.94. The van der Waals surface area contributed by atoms with E-state index in [1.165, 1.54) is 11.1 Å². The molecule has 1 N–H and O–H groups in total. The fraction of sp³-hybridized carbons (Fsp3) is 0.500. The average Bonchev–Trinajstić information content (AvgIpc) is 2.59. The third-order valence-corrected chi connectivity index (χ3v) is 5.17. The Balaban J connectivity index is 1.87. The van der Waals surface area contributed by atoms with E-state index >= 15 is 0 Å². The number of rotatable bonds is 4.